The molecule has 26 heavy (non-hydrogen) atoms. The second kappa shape index (κ2) is 8.59. The Morgan fingerprint density at radius 1 is 1.00 bits per heavy atom. The average molecular weight is 365 g/mol. The summed E-state index contributed by atoms with van der Waals surface area (Å²) >= 11 is 1.99. The number of aryl methyl sites for hydroxylation is 1. The number of thioether (sulfide) groups is 1. The van der Waals surface area contributed by atoms with Gasteiger partial charge in [0.1, 0.15) is 0 Å². The van der Waals surface area contributed by atoms with Gasteiger partial charge < -0.3 is 4.57 Å². The van der Waals surface area contributed by atoms with Gasteiger partial charge in [-0.15, -0.1) is 11.8 Å². The Morgan fingerprint density at radius 2 is 1.73 bits per heavy atom. The zero-order valence-electron chi connectivity index (χ0n) is 15.9. The standard InChI is InChI=1S/C23H28N2S/c1-23(2,3)20-9-11-21(12-10-20)26-22(13-15-25-16-14-24-18-25)17-19-7-5-4-6-8-19/h4-12,14,16,18,22H,13,15,17H2,1-3H3. The molecule has 0 spiro atoms. The van der Waals surface area contributed by atoms with Crippen LogP contribution in [0.1, 0.15) is 38.3 Å². The highest BCUT2D eigenvalue weighted by atomic mass is 32.2. The van der Waals surface area contributed by atoms with Gasteiger partial charge in [-0.25, -0.2) is 4.98 Å². The van der Waals surface area contributed by atoms with Crippen molar-refractivity contribution in [3.63, 3.8) is 0 Å². The number of rotatable bonds is 7. The number of aromatic nitrogens is 2. The Bertz CT molecular complexity index is 771. The van der Waals surface area contributed by atoms with E-state index in [4.69, 9.17) is 0 Å². The third kappa shape index (κ3) is 5.50. The van der Waals surface area contributed by atoms with Crippen molar-refractivity contribution in [3.05, 3.63) is 84.4 Å². The van der Waals surface area contributed by atoms with E-state index in [0.29, 0.717) is 5.25 Å². The zero-order chi connectivity index (χ0) is 18.4. The van der Waals surface area contributed by atoms with Crippen LogP contribution in [0.25, 0.3) is 0 Å². The Hall–Kier alpha value is -2.00. The van der Waals surface area contributed by atoms with Crippen molar-refractivity contribution in [3.8, 4) is 0 Å². The van der Waals surface area contributed by atoms with Gasteiger partial charge in [0, 0.05) is 29.1 Å². The molecule has 0 N–H and O–H groups in total. The molecule has 2 nitrogen and oxygen atoms in total. The highest BCUT2D eigenvalue weighted by Crippen LogP contribution is 2.31. The van der Waals surface area contributed by atoms with E-state index >= 15 is 0 Å². The minimum Gasteiger partial charge on any atom is -0.337 e. The largest absolute Gasteiger partial charge is 0.337 e. The predicted octanol–water partition coefficient (Wildman–Crippen LogP) is 5.97. The molecule has 0 bridgehead atoms. The van der Waals surface area contributed by atoms with Gasteiger partial charge in [0.05, 0.1) is 6.33 Å². The quantitative estimate of drug-likeness (QED) is 0.480. The first-order chi connectivity index (χ1) is 12.5. The molecule has 1 atom stereocenters. The molecular weight excluding hydrogens is 336 g/mol. The number of benzene rings is 2. The van der Waals surface area contributed by atoms with Gasteiger partial charge in [-0.05, 0) is 41.5 Å². The van der Waals surface area contributed by atoms with Crippen LogP contribution in [-0.4, -0.2) is 14.8 Å². The number of hydrogen-bond donors (Lipinski definition) is 0. The Balaban J connectivity index is 1.69. The second-order valence-electron chi connectivity index (χ2n) is 7.79. The average Bonchev–Trinajstić information content (AvgIpc) is 3.14. The highest BCUT2D eigenvalue weighted by Gasteiger charge is 2.15. The smallest absolute Gasteiger partial charge is 0.0945 e. The van der Waals surface area contributed by atoms with Crippen LogP contribution in [0.15, 0.2) is 78.2 Å². The summed E-state index contributed by atoms with van der Waals surface area (Å²) < 4.78 is 2.17. The topological polar surface area (TPSA) is 17.8 Å². The molecule has 0 aliphatic rings. The summed E-state index contributed by atoms with van der Waals surface area (Å²) in [6.07, 6.45) is 8.01. The van der Waals surface area contributed by atoms with E-state index in [9.17, 15) is 0 Å². The molecule has 0 aliphatic carbocycles. The van der Waals surface area contributed by atoms with Crippen molar-refractivity contribution >= 4 is 11.8 Å². The van der Waals surface area contributed by atoms with Gasteiger partial charge in [0.25, 0.3) is 0 Å². The Morgan fingerprint density at radius 3 is 2.35 bits per heavy atom. The monoisotopic (exact) mass is 364 g/mol. The molecule has 0 aliphatic heterocycles. The van der Waals surface area contributed by atoms with Gasteiger partial charge in [0.2, 0.25) is 0 Å². The summed E-state index contributed by atoms with van der Waals surface area (Å²) in [6.45, 7) is 7.79. The van der Waals surface area contributed by atoms with Crippen LogP contribution in [0.4, 0.5) is 0 Å². The summed E-state index contributed by atoms with van der Waals surface area (Å²) in [4.78, 5) is 5.51. The molecule has 1 unspecified atom stereocenters. The third-order valence-electron chi connectivity index (χ3n) is 4.60. The van der Waals surface area contributed by atoms with Crippen LogP contribution in [0, 0.1) is 0 Å². The molecule has 0 radical (unpaired) electrons. The van der Waals surface area contributed by atoms with Crippen LogP contribution in [0.2, 0.25) is 0 Å². The SMILES string of the molecule is CC(C)(C)c1ccc(SC(CCn2ccnc2)Cc2ccccc2)cc1. The Labute approximate surface area is 161 Å². The molecule has 2 aromatic carbocycles. The lowest BCUT2D eigenvalue weighted by molar-refractivity contribution is 0.589. The van der Waals surface area contributed by atoms with Gasteiger partial charge in [-0.1, -0.05) is 63.2 Å². The fourth-order valence-corrected chi connectivity index (χ4v) is 4.19. The number of imidazole rings is 1. The molecule has 1 aromatic heterocycles. The van der Waals surface area contributed by atoms with Crippen molar-refractivity contribution in [2.75, 3.05) is 0 Å². The molecule has 3 rings (SSSR count). The van der Waals surface area contributed by atoms with Gasteiger partial charge in [0.15, 0.2) is 0 Å². The van der Waals surface area contributed by atoms with Crippen LogP contribution in [-0.2, 0) is 18.4 Å². The molecule has 3 aromatic rings. The molecule has 1 heterocycles. The second-order valence-corrected chi connectivity index (χ2v) is 9.17. The minimum atomic E-state index is 0.202. The first kappa shape index (κ1) is 18.8. The van der Waals surface area contributed by atoms with Gasteiger partial charge in [-0.2, -0.15) is 0 Å². The lowest BCUT2D eigenvalue weighted by atomic mass is 9.87. The molecule has 136 valence electrons. The summed E-state index contributed by atoms with van der Waals surface area (Å²) in [7, 11) is 0. The van der Waals surface area contributed by atoms with Crippen LogP contribution in [0.3, 0.4) is 0 Å². The first-order valence-electron chi connectivity index (χ1n) is 9.27. The maximum atomic E-state index is 4.16. The van der Waals surface area contributed by atoms with E-state index < -0.39 is 0 Å². The van der Waals surface area contributed by atoms with Crippen molar-refractivity contribution in [2.45, 2.75) is 55.7 Å². The van der Waals surface area contributed by atoms with Crippen molar-refractivity contribution in [2.24, 2.45) is 0 Å². The van der Waals surface area contributed by atoms with Crippen molar-refractivity contribution in [1.29, 1.82) is 0 Å². The lowest BCUT2D eigenvalue weighted by Gasteiger charge is -2.20. The van der Waals surface area contributed by atoms with E-state index in [1.165, 1.54) is 16.0 Å². The summed E-state index contributed by atoms with van der Waals surface area (Å²) in [5.74, 6) is 0. The molecule has 0 saturated heterocycles. The minimum absolute atomic E-state index is 0.202. The first-order valence-corrected chi connectivity index (χ1v) is 10.2. The van der Waals surface area contributed by atoms with Crippen LogP contribution in [0.5, 0.6) is 0 Å². The molecular formula is C23H28N2S. The van der Waals surface area contributed by atoms with Crippen molar-refractivity contribution < 1.29 is 0 Å². The van der Waals surface area contributed by atoms with Gasteiger partial charge in [-0.3, -0.25) is 0 Å². The Kier molecular flexibility index (Phi) is 6.20. The molecule has 0 amide bonds. The van der Waals surface area contributed by atoms with Crippen molar-refractivity contribution in [1.82, 2.24) is 9.55 Å². The maximum Gasteiger partial charge on any atom is 0.0945 e. The van der Waals surface area contributed by atoms with Gasteiger partial charge >= 0.3 is 0 Å². The van der Waals surface area contributed by atoms with E-state index in [-0.39, 0.29) is 5.41 Å². The maximum absolute atomic E-state index is 4.16. The fraction of sp³-hybridized carbons (Fsp3) is 0.348. The molecule has 0 fully saturated rings. The summed E-state index contributed by atoms with van der Waals surface area (Å²) in [6, 6.07) is 19.9. The van der Waals surface area contributed by atoms with Crippen LogP contribution < -0.4 is 0 Å². The summed E-state index contributed by atoms with van der Waals surface area (Å²) in [5, 5.41) is 0.542. The molecule has 0 saturated carbocycles. The van der Waals surface area contributed by atoms with E-state index in [1.807, 2.05) is 30.5 Å². The number of hydrogen-bond acceptors (Lipinski definition) is 2. The molecule has 3 heteroatoms. The highest BCUT2D eigenvalue weighted by molar-refractivity contribution is 8.00. The van der Waals surface area contributed by atoms with E-state index in [0.717, 1.165) is 19.4 Å². The van der Waals surface area contributed by atoms with E-state index in [1.54, 1.807) is 0 Å². The predicted molar refractivity (Wildman–Crippen MR) is 112 cm³/mol. The van der Waals surface area contributed by atoms with Crippen LogP contribution >= 0.6 is 11.8 Å². The normalized spacial score (nSPS) is 12.9. The number of nitrogens with zero attached hydrogens (tertiary/aromatic N) is 2. The lowest BCUT2D eigenvalue weighted by Crippen LogP contribution is -2.12. The zero-order valence-corrected chi connectivity index (χ0v) is 16.7. The third-order valence-corrected chi connectivity index (χ3v) is 5.88. The van der Waals surface area contributed by atoms with E-state index in [2.05, 4.69) is 84.9 Å². The summed E-state index contributed by atoms with van der Waals surface area (Å²) in [5.41, 5.74) is 3.00. The fourth-order valence-electron chi connectivity index (χ4n) is 3.02.